The van der Waals surface area contributed by atoms with E-state index < -0.39 is 0 Å². The zero-order valence-corrected chi connectivity index (χ0v) is 18.0. The average molecular weight is 436 g/mol. The molecule has 32 heavy (non-hydrogen) atoms. The summed E-state index contributed by atoms with van der Waals surface area (Å²) in [4.78, 5) is 26.5. The Balaban J connectivity index is 1.34. The summed E-state index contributed by atoms with van der Waals surface area (Å²) in [5, 5.41) is 7.53. The molecule has 1 aliphatic rings. The summed E-state index contributed by atoms with van der Waals surface area (Å²) in [6.45, 7) is 4.91. The minimum absolute atomic E-state index is 0.0110. The van der Waals surface area contributed by atoms with Crippen LogP contribution in [0.5, 0.6) is 0 Å². The van der Waals surface area contributed by atoms with Crippen LogP contribution in [0.3, 0.4) is 0 Å². The number of amides is 2. The molecule has 0 radical (unpaired) electrons. The molecule has 1 aliphatic heterocycles. The van der Waals surface area contributed by atoms with Gasteiger partial charge in [-0.15, -0.1) is 0 Å². The molecule has 0 unspecified atom stereocenters. The van der Waals surface area contributed by atoms with Crippen LogP contribution in [0.4, 0.5) is 4.39 Å². The molecule has 1 fully saturated rings. The normalized spacial score (nSPS) is 14.8. The van der Waals surface area contributed by atoms with Crippen molar-refractivity contribution in [3.8, 4) is 5.69 Å². The number of carbonyl (C=O) groups is 2. The number of carbonyl (C=O) groups excluding carboxylic acids is 2. The van der Waals surface area contributed by atoms with E-state index in [0.29, 0.717) is 31.7 Å². The maximum atomic E-state index is 13.2. The van der Waals surface area contributed by atoms with Gasteiger partial charge >= 0.3 is 0 Å². The first-order valence-corrected chi connectivity index (χ1v) is 10.6. The number of aromatic nitrogens is 2. The Kier molecular flexibility index (Phi) is 6.20. The SMILES string of the molecule is Cc1nn(-c2ccc(F)cc2)c(C)c1/C=C/C(=O)NC1CCN(C(=O)c2ccco2)CC1. The fourth-order valence-electron chi connectivity index (χ4n) is 3.92. The fourth-order valence-corrected chi connectivity index (χ4v) is 3.92. The number of halogens is 1. The van der Waals surface area contributed by atoms with Gasteiger partial charge in [-0.2, -0.15) is 5.10 Å². The summed E-state index contributed by atoms with van der Waals surface area (Å²) in [5.74, 6) is -0.275. The maximum absolute atomic E-state index is 13.2. The van der Waals surface area contributed by atoms with E-state index in [0.717, 1.165) is 22.6 Å². The molecule has 7 nitrogen and oxygen atoms in total. The standard InChI is InChI=1S/C24H25FN4O3/c1-16-21(17(2)29(27-16)20-7-5-18(25)6-8-20)9-10-23(30)26-19-11-13-28(14-12-19)24(31)22-4-3-15-32-22/h3-10,15,19H,11-14H2,1-2H3,(H,26,30)/b10-9+. The highest BCUT2D eigenvalue weighted by Gasteiger charge is 2.25. The summed E-state index contributed by atoms with van der Waals surface area (Å²) < 4.78 is 20.1. The molecule has 8 heteroatoms. The lowest BCUT2D eigenvalue weighted by Crippen LogP contribution is -2.46. The van der Waals surface area contributed by atoms with Crippen LogP contribution in [0, 0.1) is 19.7 Å². The molecule has 0 bridgehead atoms. The number of nitrogens with zero attached hydrogens (tertiary/aromatic N) is 3. The Bertz CT molecular complexity index is 1120. The van der Waals surface area contributed by atoms with Crippen molar-refractivity contribution in [3.63, 3.8) is 0 Å². The monoisotopic (exact) mass is 436 g/mol. The maximum Gasteiger partial charge on any atom is 0.289 e. The van der Waals surface area contributed by atoms with Gasteiger partial charge in [0, 0.05) is 36.5 Å². The highest BCUT2D eigenvalue weighted by Crippen LogP contribution is 2.20. The largest absolute Gasteiger partial charge is 0.459 e. The average Bonchev–Trinajstić information content (AvgIpc) is 3.42. The molecule has 2 amide bonds. The molecule has 0 aliphatic carbocycles. The summed E-state index contributed by atoms with van der Waals surface area (Å²) in [5.41, 5.74) is 3.25. The molecule has 2 aromatic heterocycles. The highest BCUT2D eigenvalue weighted by molar-refractivity contribution is 5.92. The lowest BCUT2D eigenvalue weighted by atomic mass is 10.0. The van der Waals surface area contributed by atoms with E-state index in [2.05, 4.69) is 10.4 Å². The molecular formula is C24H25FN4O3. The molecule has 3 heterocycles. The number of furan rings is 1. The van der Waals surface area contributed by atoms with Gasteiger partial charge in [-0.1, -0.05) is 0 Å². The van der Waals surface area contributed by atoms with Gasteiger partial charge in [-0.05, 0) is 69.2 Å². The Hall–Kier alpha value is -3.68. The van der Waals surface area contributed by atoms with Crippen molar-refractivity contribution in [2.24, 2.45) is 0 Å². The second kappa shape index (κ2) is 9.21. The Morgan fingerprint density at radius 2 is 1.88 bits per heavy atom. The van der Waals surface area contributed by atoms with Crippen LogP contribution in [-0.2, 0) is 4.79 Å². The Labute approximate surface area is 185 Å². The molecule has 166 valence electrons. The lowest BCUT2D eigenvalue weighted by molar-refractivity contribution is -0.117. The number of hydrogen-bond acceptors (Lipinski definition) is 4. The van der Waals surface area contributed by atoms with Crippen molar-refractivity contribution in [2.75, 3.05) is 13.1 Å². The van der Waals surface area contributed by atoms with E-state index in [9.17, 15) is 14.0 Å². The predicted molar refractivity (Wildman–Crippen MR) is 118 cm³/mol. The van der Waals surface area contributed by atoms with Crippen molar-refractivity contribution in [3.05, 3.63) is 77.3 Å². The van der Waals surface area contributed by atoms with E-state index in [1.54, 1.807) is 39.9 Å². The van der Waals surface area contributed by atoms with Crippen molar-refractivity contribution in [1.29, 1.82) is 0 Å². The van der Waals surface area contributed by atoms with Gasteiger partial charge in [-0.3, -0.25) is 9.59 Å². The van der Waals surface area contributed by atoms with Crippen LogP contribution in [0.15, 0.2) is 53.2 Å². The Morgan fingerprint density at radius 3 is 2.53 bits per heavy atom. The molecule has 3 aromatic rings. The molecular weight excluding hydrogens is 411 g/mol. The number of rotatable bonds is 5. The number of benzene rings is 1. The van der Waals surface area contributed by atoms with Crippen molar-refractivity contribution < 1.29 is 18.4 Å². The summed E-state index contributed by atoms with van der Waals surface area (Å²) in [6, 6.07) is 9.47. The molecule has 1 saturated heterocycles. The first-order valence-electron chi connectivity index (χ1n) is 10.6. The minimum Gasteiger partial charge on any atom is -0.459 e. The van der Waals surface area contributed by atoms with Crippen LogP contribution in [0.2, 0.25) is 0 Å². The van der Waals surface area contributed by atoms with Gasteiger partial charge in [0.05, 0.1) is 17.6 Å². The van der Waals surface area contributed by atoms with Gasteiger partial charge in [0.15, 0.2) is 5.76 Å². The van der Waals surface area contributed by atoms with Gasteiger partial charge in [0.25, 0.3) is 5.91 Å². The van der Waals surface area contributed by atoms with Gasteiger partial charge in [0.1, 0.15) is 5.82 Å². The van der Waals surface area contributed by atoms with Crippen molar-refractivity contribution in [1.82, 2.24) is 20.0 Å². The third-order valence-electron chi connectivity index (χ3n) is 5.68. The number of nitrogens with one attached hydrogen (secondary N) is 1. The zero-order valence-electron chi connectivity index (χ0n) is 18.0. The van der Waals surface area contributed by atoms with E-state index >= 15 is 0 Å². The van der Waals surface area contributed by atoms with Crippen LogP contribution in [0.25, 0.3) is 11.8 Å². The first kappa shape index (κ1) is 21.5. The first-order chi connectivity index (χ1) is 15.4. The van der Waals surface area contributed by atoms with Gasteiger partial charge in [-0.25, -0.2) is 9.07 Å². The highest BCUT2D eigenvalue weighted by atomic mass is 19.1. The molecule has 0 spiro atoms. The topological polar surface area (TPSA) is 80.4 Å². The van der Waals surface area contributed by atoms with E-state index in [1.165, 1.54) is 24.5 Å². The third-order valence-corrected chi connectivity index (χ3v) is 5.68. The fraction of sp³-hybridized carbons (Fsp3) is 0.292. The van der Waals surface area contributed by atoms with Crippen LogP contribution >= 0.6 is 0 Å². The summed E-state index contributed by atoms with van der Waals surface area (Å²) in [7, 11) is 0. The quantitative estimate of drug-likeness (QED) is 0.619. The van der Waals surface area contributed by atoms with Crippen LogP contribution < -0.4 is 5.32 Å². The lowest BCUT2D eigenvalue weighted by Gasteiger charge is -2.31. The van der Waals surface area contributed by atoms with E-state index in [-0.39, 0.29) is 23.7 Å². The second-order valence-electron chi connectivity index (χ2n) is 7.86. The summed E-state index contributed by atoms with van der Waals surface area (Å²) >= 11 is 0. The van der Waals surface area contributed by atoms with E-state index in [4.69, 9.17) is 4.42 Å². The molecule has 1 N–H and O–H groups in total. The van der Waals surface area contributed by atoms with E-state index in [1.807, 2.05) is 13.8 Å². The molecule has 1 aromatic carbocycles. The number of hydrogen-bond donors (Lipinski definition) is 1. The molecule has 0 atom stereocenters. The van der Waals surface area contributed by atoms with Gasteiger partial charge < -0.3 is 14.6 Å². The zero-order chi connectivity index (χ0) is 22.7. The van der Waals surface area contributed by atoms with Crippen LogP contribution in [-0.4, -0.2) is 45.6 Å². The number of likely N-dealkylation sites (tertiary alicyclic amines) is 1. The summed E-state index contributed by atoms with van der Waals surface area (Å²) in [6.07, 6.45) is 6.12. The minimum atomic E-state index is -0.303. The predicted octanol–water partition coefficient (Wildman–Crippen LogP) is 3.66. The molecule has 4 rings (SSSR count). The van der Waals surface area contributed by atoms with Crippen molar-refractivity contribution in [2.45, 2.75) is 32.7 Å². The van der Waals surface area contributed by atoms with Gasteiger partial charge in [0.2, 0.25) is 5.91 Å². The Morgan fingerprint density at radius 1 is 1.16 bits per heavy atom. The van der Waals surface area contributed by atoms with Crippen LogP contribution in [0.1, 0.15) is 40.3 Å². The smallest absolute Gasteiger partial charge is 0.289 e. The second-order valence-corrected chi connectivity index (χ2v) is 7.86. The number of piperidine rings is 1. The number of aryl methyl sites for hydroxylation is 1. The third kappa shape index (κ3) is 4.64. The molecule has 0 saturated carbocycles. The van der Waals surface area contributed by atoms with Crippen molar-refractivity contribution >= 4 is 17.9 Å².